The molecule has 0 fully saturated rings. The van der Waals surface area contributed by atoms with Crippen molar-refractivity contribution >= 4 is 32.7 Å². The van der Waals surface area contributed by atoms with Crippen LogP contribution in [0.2, 0.25) is 0 Å². The van der Waals surface area contributed by atoms with Crippen molar-refractivity contribution in [2.75, 3.05) is 0 Å². The molecule has 1 aromatic carbocycles. The molecule has 0 unspecified atom stereocenters. The molecule has 0 aliphatic carbocycles. The zero-order valence-electron chi connectivity index (χ0n) is 6.97. The van der Waals surface area contributed by atoms with Crippen LogP contribution in [0.15, 0.2) is 22.9 Å². The van der Waals surface area contributed by atoms with Crippen molar-refractivity contribution in [2.24, 2.45) is 0 Å². The lowest BCUT2D eigenvalue weighted by Crippen LogP contribution is -1.93. The highest BCUT2D eigenvalue weighted by atomic mass is 79.9. The number of nitrogens with zero attached hydrogens (tertiary/aromatic N) is 1. The molecular formula is C9H7BrN2O. The Morgan fingerprint density at radius 1 is 1.54 bits per heavy atom. The summed E-state index contributed by atoms with van der Waals surface area (Å²) >= 11 is 3.33. The van der Waals surface area contributed by atoms with Gasteiger partial charge in [-0.05, 0) is 35.0 Å². The van der Waals surface area contributed by atoms with Crippen LogP contribution >= 0.6 is 15.9 Å². The van der Waals surface area contributed by atoms with Crippen LogP contribution in [0.1, 0.15) is 17.3 Å². The second-order valence-electron chi connectivity index (χ2n) is 2.81. The van der Waals surface area contributed by atoms with Gasteiger partial charge in [-0.25, -0.2) is 4.98 Å². The molecular weight excluding hydrogens is 232 g/mol. The number of hydrogen-bond acceptors (Lipinski definition) is 2. The summed E-state index contributed by atoms with van der Waals surface area (Å²) in [7, 11) is 0. The number of imidazole rings is 1. The number of aromatic amines is 1. The van der Waals surface area contributed by atoms with E-state index in [1.165, 1.54) is 0 Å². The molecule has 0 aliphatic rings. The van der Waals surface area contributed by atoms with Crippen molar-refractivity contribution in [3.8, 4) is 0 Å². The molecule has 0 aliphatic heterocycles. The van der Waals surface area contributed by atoms with Gasteiger partial charge in [0.2, 0.25) is 0 Å². The Balaban J connectivity index is 2.76. The molecule has 0 bridgehead atoms. The first kappa shape index (κ1) is 8.44. The molecule has 1 heterocycles. The first-order valence-electron chi connectivity index (χ1n) is 3.82. The lowest BCUT2D eigenvalue weighted by atomic mass is 10.1. The van der Waals surface area contributed by atoms with Crippen molar-refractivity contribution in [3.63, 3.8) is 0 Å². The van der Waals surface area contributed by atoms with Gasteiger partial charge in [0, 0.05) is 10.0 Å². The van der Waals surface area contributed by atoms with Crippen LogP contribution in [0.4, 0.5) is 0 Å². The predicted octanol–water partition coefficient (Wildman–Crippen LogP) is 2.53. The number of benzene rings is 1. The summed E-state index contributed by atoms with van der Waals surface area (Å²) < 4.78 is 0.803. The van der Waals surface area contributed by atoms with E-state index in [0.717, 1.165) is 15.5 Å². The van der Waals surface area contributed by atoms with E-state index in [4.69, 9.17) is 0 Å². The Bertz CT molecular complexity index is 475. The monoisotopic (exact) mass is 238 g/mol. The summed E-state index contributed by atoms with van der Waals surface area (Å²) in [6.07, 6.45) is 1.61. The van der Waals surface area contributed by atoms with Gasteiger partial charge in [-0.1, -0.05) is 0 Å². The highest BCUT2D eigenvalue weighted by Crippen LogP contribution is 2.22. The topological polar surface area (TPSA) is 45.8 Å². The van der Waals surface area contributed by atoms with Gasteiger partial charge in [-0.3, -0.25) is 4.79 Å². The number of Topliss-reactive ketones (excluding diaryl/α,β-unsaturated/α-hetero) is 1. The number of H-pyrrole nitrogens is 1. The molecule has 2 aromatic rings. The van der Waals surface area contributed by atoms with Crippen molar-refractivity contribution in [2.45, 2.75) is 6.92 Å². The molecule has 13 heavy (non-hydrogen) atoms. The zero-order valence-corrected chi connectivity index (χ0v) is 8.55. The van der Waals surface area contributed by atoms with Crippen LogP contribution in [0, 0.1) is 0 Å². The number of halogens is 1. The van der Waals surface area contributed by atoms with Gasteiger partial charge < -0.3 is 4.98 Å². The van der Waals surface area contributed by atoms with Gasteiger partial charge in [0.25, 0.3) is 0 Å². The summed E-state index contributed by atoms with van der Waals surface area (Å²) in [5, 5.41) is 0. The van der Waals surface area contributed by atoms with Gasteiger partial charge >= 0.3 is 0 Å². The number of fused-ring (bicyclic) bond motifs is 1. The summed E-state index contributed by atoms with van der Waals surface area (Å²) in [5.74, 6) is 0.0387. The van der Waals surface area contributed by atoms with Gasteiger partial charge in [0.05, 0.1) is 17.4 Å². The van der Waals surface area contributed by atoms with Crippen LogP contribution in [0.25, 0.3) is 11.0 Å². The van der Waals surface area contributed by atoms with E-state index in [2.05, 4.69) is 25.9 Å². The number of rotatable bonds is 1. The molecule has 66 valence electrons. The normalized spacial score (nSPS) is 10.6. The average Bonchev–Trinajstić information content (AvgIpc) is 2.48. The lowest BCUT2D eigenvalue weighted by Gasteiger charge is -1.98. The fraction of sp³-hybridized carbons (Fsp3) is 0.111. The molecule has 0 saturated carbocycles. The minimum atomic E-state index is 0.0387. The Kier molecular flexibility index (Phi) is 1.92. The largest absolute Gasteiger partial charge is 0.345 e. The molecule has 0 atom stereocenters. The summed E-state index contributed by atoms with van der Waals surface area (Å²) in [4.78, 5) is 18.2. The molecule has 4 heteroatoms. The van der Waals surface area contributed by atoms with Crippen molar-refractivity contribution < 1.29 is 4.79 Å². The summed E-state index contributed by atoms with van der Waals surface area (Å²) in [6.45, 7) is 1.54. The Labute approximate surface area is 83.3 Å². The third kappa shape index (κ3) is 1.37. The predicted molar refractivity (Wildman–Crippen MR) is 53.8 cm³/mol. The minimum absolute atomic E-state index is 0.0387. The van der Waals surface area contributed by atoms with Crippen LogP contribution in [-0.4, -0.2) is 15.8 Å². The number of hydrogen-bond donors (Lipinski definition) is 1. The second-order valence-corrected chi connectivity index (χ2v) is 3.66. The summed E-state index contributed by atoms with van der Waals surface area (Å²) in [5.41, 5.74) is 2.41. The zero-order chi connectivity index (χ0) is 9.42. The van der Waals surface area contributed by atoms with Crippen LogP contribution < -0.4 is 0 Å². The number of ketones is 1. The number of nitrogens with one attached hydrogen (secondary N) is 1. The molecule has 1 aromatic heterocycles. The second kappa shape index (κ2) is 2.96. The van der Waals surface area contributed by atoms with Gasteiger partial charge in [-0.15, -0.1) is 0 Å². The molecule has 3 nitrogen and oxygen atoms in total. The van der Waals surface area contributed by atoms with E-state index in [-0.39, 0.29) is 5.78 Å². The van der Waals surface area contributed by atoms with Gasteiger partial charge in [0.1, 0.15) is 0 Å². The van der Waals surface area contributed by atoms with E-state index < -0.39 is 0 Å². The summed E-state index contributed by atoms with van der Waals surface area (Å²) in [6, 6.07) is 3.64. The SMILES string of the molecule is CC(=O)c1cc2nc[nH]c2cc1Br. The number of carbonyl (C=O) groups is 1. The number of carbonyl (C=O) groups excluding carboxylic acids is 1. The van der Waals surface area contributed by atoms with Gasteiger partial charge in [0.15, 0.2) is 5.78 Å². The van der Waals surface area contributed by atoms with E-state index in [9.17, 15) is 4.79 Å². The smallest absolute Gasteiger partial charge is 0.161 e. The van der Waals surface area contributed by atoms with Crippen LogP contribution in [0.5, 0.6) is 0 Å². The van der Waals surface area contributed by atoms with E-state index in [1.54, 1.807) is 19.3 Å². The fourth-order valence-corrected chi connectivity index (χ4v) is 1.85. The highest BCUT2D eigenvalue weighted by molar-refractivity contribution is 9.10. The third-order valence-electron chi connectivity index (χ3n) is 1.89. The highest BCUT2D eigenvalue weighted by Gasteiger charge is 2.07. The van der Waals surface area contributed by atoms with Crippen LogP contribution in [-0.2, 0) is 0 Å². The molecule has 2 rings (SSSR count). The standard InChI is InChI=1S/C9H7BrN2O/c1-5(13)6-2-8-9(3-7(6)10)12-4-11-8/h2-4H,1H3,(H,11,12). The molecule has 0 saturated heterocycles. The Hall–Kier alpha value is -1.16. The fourth-order valence-electron chi connectivity index (χ4n) is 1.23. The van der Waals surface area contributed by atoms with E-state index in [0.29, 0.717) is 5.56 Å². The molecule has 0 amide bonds. The van der Waals surface area contributed by atoms with Crippen molar-refractivity contribution in [1.82, 2.24) is 9.97 Å². The molecule has 0 radical (unpaired) electrons. The first-order chi connectivity index (χ1) is 6.18. The van der Waals surface area contributed by atoms with Gasteiger partial charge in [-0.2, -0.15) is 0 Å². The molecule has 0 spiro atoms. The lowest BCUT2D eigenvalue weighted by molar-refractivity contribution is 0.101. The number of aromatic nitrogens is 2. The quantitative estimate of drug-likeness (QED) is 0.777. The van der Waals surface area contributed by atoms with E-state index in [1.807, 2.05) is 6.07 Å². The maximum atomic E-state index is 11.2. The van der Waals surface area contributed by atoms with Crippen molar-refractivity contribution in [1.29, 1.82) is 0 Å². The maximum absolute atomic E-state index is 11.2. The minimum Gasteiger partial charge on any atom is -0.345 e. The first-order valence-corrected chi connectivity index (χ1v) is 4.61. The Morgan fingerprint density at radius 2 is 2.31 bits per heavy atom. The maximum Gasteiger partial charge on any atom is 0.161 e. The molecule has 1 N–H and O–H groups in total. The van der Waals surface area contributed by atoms with Crippen molar-refractivity contribution in [3.05, 3.63) is 28.5 Å². The third-order valence-corrected chi connectivity index (χ3v) is 2.54. The average molecular weight is 239 g/mol. The Morgan fingerprint density at radius 3 is 3.00 bits per heavy atom. The van der Waals surface area contributed by atoms with E-state index >= 15 is 0 Å². The van der Waals surface area contributed by atoms with Crippen LogP contribution in [0.3, 0.4) is 0 Å².